The van der Waals surface area contributed by atoms with E-state index in [2.05, 4.69) is 19.1 Å². The van der Waals surface area contributed by atoms with Crippen LogP contribution in [0.2, 0.25) is 0 Å². The lowest BCUT2D eigenvalue weighted by Crippen LogP contribution is -2.14. The fourth-order valence-corrected chi connectivity index (χ4v) is 3.82. The summed E-state index contributed by atoms with van der Waals surface area (Å²) < 4.78 is 5.40. The molecule has 0 N–H and O–H groups in total. The molecule has 0 spiro atoms. The van der Waals surface area contributed by atoms with E-state index in [1.165, 1.54) is 50.5 Å². The number of hydrogen-bond acceptors (Lipinski definition) is 2. The van der Waals surface area contributed by atoms with Gasteiger partial charge in [0.15, 0.2) is 0 Å². The molecule has 2 aromatic carbocycles. The second-order valence-electron chi connectivity index (χ2n) is 7.18. The molecule has 0 amide bonds. The summed E-state index contributed by atoms with van der Waals surface area (Å²) in [5, 5.41) is 0. The Labute approximate surface area is 151 Å². The minimum atomic E-state index is -0.291. The highest BCUT2D eigenvalue weighted by atomic mass is 16.5. The highest BCUT2D eigenvalue weighted by Gasteiger charge is 2.22. The Morgan fingerprint density at radius 3 is 2.28 bits per heavy atom. The van der Waals surface area contributed by atoms with Crippen LogP contribution in [0, 0.1) is 5.92 Å². The Hall–Kier alpha value is -2.09. The Balaban J connectivity index is 1.55. The normalized spacial score (nSPS) is 20.2. The molecule has 2 aromatic rings. The second kappa shape index (κ2) is 8.84. The molecule has 0 aromatic heterocycles. The maximum atomic E-state index is 12.2. The first-order valence-corrected chi connectivity index (χ1v) is 9.63. The fraction of sp³-hybridized carbons (Fsp3) is 0.435. The van der Waals surface area contributed by atoms with Crippen molar-refractivity contribution in [2.75, 3.05) is 0 Å². The van der Waals surface area contributed by atoms with E-state index >= 15 is 0 Å². The van der Waals surface area contributed by atoms with E-state index in [1.807, 2.05) is 30.3 Å². The van der Waals surface area contributed by atoms with Crippen LogP contribution in [0.4, 0.5) is 0 Å². The van der Waals surface area contributed by atoms with Gasteiger partial charge >= 0.3 is 5.97 Å². The number of carbonyl (C=O) groups is 1. The number of benzene rings is 2. The minimum absolute atomic E-state index is 0.291. The van der Waals surface area contributed by atoms with Gasteiger partial charge in [0.2, 0.25) is 0 Å². The number of unbranched alkanes of at least 4 members (excludes halogenated alkanes) is 1. The van der Waals surface area contributed by atoms with Gasteiger partial charge in [-0.2, -0.15) is 0 Å². The van der Waals surface area contributed by atoms with E-state index in [-0.39, 0.29) is 5.97 Å². The third-order valence-electron chi connectivity index (χ3n) is 5.38. The zero-order valence-electron chi connectivity index (χ0n) is 15.1. The molecule has 132 valence electrons. The van der Waals surface area contributed by atoms with Gasteiger partial charge in [-0.1, -0.05) is 56.5 Å². The van der Waals surface area contributed by atoms with Crippen LogP contribution in [-0.2, 0) is 0 Å². The summed E-state index contributed by atoms with van der Waals surface area (Å²) in [6.07, 6.45) is 9.33. The quantitative estimate of drug-likeness (QED) is 0.452. The van der Waals surface area contributed by atoms with Crippen molar-refractivity contribution in [1.29, 1.82) is 0 Å². The smallest absolute Gasteiger partial charge is 0.343 e. The van der Waals surface area contributed by atoms with Gasteiger partial charge in [-0.15, -0.1) is 0 Å². The molecule has 0 heterocycles. The standard InChI is InChI=1S/C23H28O2/c1-2-3-7-18-10-12-19(13-11-18)20-14-16-21(17-15-20)23(24)25-22-8-5-4-6-9-22/h4-6,8-9,14-19H,2-3,7,10-13H2,1H3. The molecule has 3 rings (SSSR count). The third-order valence-corrected chi connectivity index (χ3v) is 5.38. The summed E-state index contributed by atoms with van der Waals surface area (Å²) in [6, 6.07) is 17.3. The molecule has 0 bridgehead atoms. The van der Waals surface area contributed by atoms with Crippen molar-refractivity contribution in [3.8, 4) is 5.75 Å². The number of carbonyl (C=O) groups excluding carboxylic acids is 1. The SMILES string of the molecule is CCCCC1CCC(c2ccc(C(=O)Oc3ccccc3)cc2)CC1. The largest absolute Gasteiger partial charge is 0.423 e. The predicted molar refractivity (Wildman–Crippen MR) is 102 cm³/mol. The summed E-state index contributed by atoms with van der Waals surface area (Å²) in [7, 11) is 0. The molecule has 1 aliphatic rings. The zero-order valence-corrected chi connectivity index (χ0v) is 15.1. The zero-order chi connectivity index (χ0) is 17.5. The van der Waals surface area contributed by atoms with Crippen LogP contribution >= 0.6 is 0 Å². The van der Waals surface area contributed by atoms with E-state index in [4.69, 9.17) is 4.74 Å². The first-order chi connectivity index (χ1) is 12.3. The highest BCUT2D eigenvalue weighted by Crippen LogP contribution is 2.37. The number of rotatable bonds is 6. The van der Waals surface area contributed by atoms with E-state index in [0.29, 0.717) is 17.2 Å². The second-order valence-corrected chi connectivity index (χ2v) is 7.18. The van der Waals surface area contributed by atoms with Crippen LogP contribution in [0.25, 0.3) is 0 Å². The van der Waals surface area contributed by atoms with Crippen molar-refractivity contribution in [3.63, 3.8) is 0 Å². The van der Waals surface area contributed by atoms with Crippen molar-refractivity contribution >= 4 is 5.97 Å². The molecule has 1 fully saturated rings. The van der Waals surface area contributed by atoms with Crippen LogP contribution in [0.1, 0.15) is 73.7 Å². The maximum Gasteiger partial charge on any atom is 0.343 e. The lowest BCUT2D eigenvalue weighted by Gasteiger charge is -2.28. The molecule has 0 radical (unpaired) electrons. The minimum Gasteiger partial charge on any atom is -0.423 e. The molecular formula is C23H28O2. The molecule has 0 atom stereocenters. The Kier molecular flexibility index (Phi) is 6.27. The summed E-state index contributed by atoms with van der Waals surface area (Å²) in [5.41, 5.74) is 1.98. The lowest BCUT2D eigenvalue weighted by molar-refractivity contribution is 0.0734. The molecule has 1 aliphatic carbocycles. The van der Waals surface area contributed by atoms with E-state index in [1.54, 1.807) is 12.1 Å². The van der Waals surface area contributed by atoms with Crippen LogP contribution in [0.5, 0.6) is 5.75 Å². The molecule has 25 heavy (non-hydrogen) atoms. The van der Waals surface area contributed by atoms with Gasteiger partial charge < -0.3 is 4.74 Å². The number of ether oxygens (including phenoxy) is 1. The van der Waals surface area contributed by atoms with Gasteiger partial charge in [0, 0.05) is 0 Å². The topological polar surface area (TPSA) is 26.3 Å². The van der Waals surface area contributed by atoms with Crippen LogP contribution in [-0.4, -0.2) is 5.97 Å². The molecule has 1 saturated carbocycles. The van der Waals surface area contributed by atoms with Gasteiger partial charge in [0.1, 0.15) is 5.75 Å². The van der Waals surface area contributed by atoms with Crippen molar-refractivity contribution in [2.24, 2.45) is 5.92 Å². The van der Waals surface area contributed by atoms with Crippen LogP contribution < -0.4 is 4.74 Å². The van der Waals surface area contributed by atoms with E-state index in [9.17, 15) is 4.79 Å². The molecule has 2 heteroatoms. The number of esters is 1. The molecule has 0 aliphatic heterocycles. The molecular weight excluding hydrogens is 308 g/mol. The van der Waals surface area contributed by atoms with Crippen LogP contribution in [0.15, 0.2) is 54.6 Å². The van der Waals surface area contributed by atoms with Crippen molar-refractivity contribution in [3.05, 3.63) is 65.7 Å². The summed E-state index contributed by atoms with van der Waals surface area (Å²) in [6.45, 7) is 2.27. The Bertz CT molecular complexity index is 652. The van der Waals surface area contributed by atoms with Crippen molar-refractivity contribution < 1.29 is 9.53 Å². The first-order valence-electron chi connectivity index (χ1n) is 9.63. The van der Waals surface area contributed by atoms with Gasteiger partial charge in [0.25, 0.3) is 0 Å². The van der Waals surface area contributed by atoms with Gasteiger partial charge in [-0.05, 0) is 67.3 Å². The Morgan fingerprint density at radius 1 is 0.960 bits per heavy atom. The molecule has 0 saturated heterocycles. The number of para-hydroxylation sites is 1. The summed E-state index contributed by atoms with van der Waals surface area (Å²) >= 11 is 0. The third kappa shape index (κ3) is 4.94. The molecule has 0 unspecified atom stereocenters. The monoisotopic (exact) mass is 336 g/mol. The van der Waals surface area contributed by atoms with Gasteiger partial charge in [0.05, 0.1) is 5.56 Å². The van der Waals surface area contributed by atoms with E-state index < -0.39 is 0 Å². The summed E-state index contributed by atoms with van der Waals surface area (Å²) in [5.74, 6) is 1.87. The average molecular weight is 336 g/mol. The van der Waals surface area contributed by atoms with Gasteiger partial charge in [-0.3, -0.25) is 0 Å². The Morgan fingerprint density at radius 2 is 1.64 bits per heavy atom. The first kappa shape index (κ1) is 17.7. The number of hydrogen-bond donors (Lipinski definition) is 0. The van der Waals surface area contributed by atoms with Crippen LogP contribution in [0.3, 0.4) is 0 Å². The maximum absolute atomic E-state index is 12.2. The lowest BCUT2D eigenvalue weighted by atomic mass is 9.77. The predicted octanol–water partition coefficient (Wildman–Crippen LogP) is 6.37. The fourth-order valence-electron chi connectivity index (χ4n) is 3.82. The average Bonchev–Trinajstić information content (AvgIpc) is 2.68. The van der Waals surface area contributed by atoms with Crippen molar-refractivity contribution in [2.45, 2.75) is 57.8 Å². The highest BCUT2D eigenvalue weighted by molar-refractivity contribution is 5.91. The van der Waals surface area contributed by atoms with E-state index in [0.717, 1.165) is 5.92 Å². The van der Waals surface area contributed by atoms with Gasteiger partial charge in [-0.25, -0.2) is 4.79 Å². The van der Waals surface area contributed by atoms with Crippen molar-refractivity contribution in [1.82, 2.24) is 0 Å². The summed E-state index contributed by atoms with van der Waals surface area (Å²) in [4.78, 5) is 12.2. The molecule has 2 nitrogen and oxygen atoms in total.